The van der Waals surface area contributed by atoms with Crippen LogP contribution in [-0.2, 0) is 11.3 Å². The van der Waals surface area contributed by atoms with Crippen molar-refractivity contribution in [1.82, 2.24) is 10.3 Å². The summed E-state index contributed by atoms with van der Waals surface area (Å²) in [4.78, 5) is 31.3. The van der Waals surface area contributed by atoms with Crippen LogP contribution in [0.2, 0.25) is 0 Å². The van der Waals surface area contributed by atoms with Gasteiger partial charge in [-0.1, -0.05) is 18.2 Å². The average Bonchev–Trinajstić information content (AvgIpc) is 2.73. The Morgan fingerprint density at radius 1 is 1.15 bits per heavy atom. The first kappa shape index (κ1) is 17.2. The van der Waals surface area contributed by atoms with Gasteiger partial charge in [0.25, 0.3) is 5.91 Å². The van der Waals surface area contributed by atoms with Crippen molar-refractivity contribution in [1.29, 1.82) is 0 Å². The van der Waals surface area contributed by atoms with Crippen molar-refractivity contribution in [2.45, 2.75) is 6.54 Å². The van der Waals surface area contributed by atoms with Gasteiger partial charge in [0.05, 0.1) is 18.6 Å². The number of ether oxygens (including phenoxy) is 1. The fraction of sp³-hybridized carbons (Fsp3) is 0.250. The van der Waals surface area contributed by atoms with Gasteiger partial charge >= 0.3 is 0 Å². The number of aromatic nitrogens is 1. The number of hydrogen-bond donors (Lipinski definition) is 1. The smallest absolute Gasteiger partial charge is 0.287 e. The molecule has 7 nitrogen and oxygen atoms in total. The van der Waals surface area contributed by atoms with Crippen LogP contribution >= 0.6 is 0 Å². The van der Waals surface area contributed by atoms with E-state index in [-0.39, 0.29) is 17.7 Å². The standard InChI is InChI=1S/C20H19N3O4/c24-16-12-18(27-17-6-2-1-5-15(16)17)20(25)22-13-14-4-3-7-21-19(14)23-8-10-26-11-9-23/h1-7,12H,8-11,13H2,(H,22,25). The van der Waals surface area contributed by atoms with Crippen LogP contribution in [0.25, 0.3) is 11.0 Å². The number of carbonyl (C=O) groups is 1. The zero-order chi connectivity index (χ0) is 18.6. The van der Waals surface area contributed by atoms with E-state index < -0.39 is 5.91 Å². The molecule has 0 saturated carbocycles. The first-order chi connectivity index (χ1) is 13.2. The van der Waals surface area contributed by atoms with Crippen LogP contribution in [0.3, 0.4) is 0 Å². The summed E-state index contributed by atoms with van der Waals surface area (Å²) < 4.78 is 11.0. The third-order valence-electron chi connectivity index (χ3n) is 4.48. The predicted molar refractivity (Wildman–Crippen MR) is 101 cm³/mol. The van der Waals surface area contributed by atoms with Crippen LogP contribution in [0.15, 0.2) is 57.9 Å². The minimum atomic E-state index is -0.436. The summed E-state index contributed by atoms with van der Waals surface area (Å²) in [5.74, 6) is 0.395. The molecule has 0 aliphatic carbocycles. The van der Waals surface area contributed by atoms with Gasteiger partial charge in [-0.05, 0) is 18.2 Å². The van der Waals surface area contributed by atoms with Crippen LogP contribution in [-0.4, -0.2) is 37.2 Å². The van der Waals surface area contributed by atoms with Crippen LogP contribution in [0.1, 0.15) is 16.1 Å². The lowest BCUT2D eigenvalue weighted by Gasteiger charge is -2.29. The van der Waals surface area contributed by atoms with E-state index in [1.807, 2.05) is 12.1 Å². The second-order valence-corrected chi connectivity index (χ2v) is 6.24. The lowest BCUT2D eigenvalue weighted by Crippen LogP contribution is -2.37. The van der Waals surface area contributed by atoms with Crippen molar-refractivity contribution in [3.8, 4) is 0 Å². The van der Waals surface area contributed by atoms with E-state index >= 15 is 0 Å². The third-order valence-corrected chi connectivity index (χ3v) is 4.48. The lowest BCUT2D eigenvalue weighted by atomic mass is 10.2. The summed E-state index contributed by atoms with van der Waals surface area (Å²) in [5.41, 5.74) is 1.05. The topological polar surface area (TPSA) is 84.7 Å². The zero-order valence-corrected chi connectivity index (χ0v) is 14.7. The number of amides is 1. The van der Waals surface area contributed by atoms with E-state index in [0.717, 1.165) is 24.5 Å². The van der Waals surface area contributed by atoms with Gasteiger partial charge in [-0.25, -0.2) is 4.98 Å². The van der Waals surface area contributed by atoms with Crippen molar-refractivity contribution in [3.63, 3.8) is 0 Å². The number of pyridine rings is 1. The SMILES string of the molecule is O=C(NCc1cccnc1N1CCOCC1)c1cc(=O)c2ccccc2o1. The summed E-state index contributed by atoms with van der Waals surface area (Å²) in [6, 6.07) is 11.9. The van der Waals surface area contributed by atoms with Crippen LogP contribution in [0.5, 0.6) is 0 Å². The highest BCUT2D eigenvalue weighted by Gasteiger charge is 2.17. The minimum absolute atomic E-state index is 0.00415. The molecule has 27 heavy (non-hydrogen) atoms. The molecule has 0 spiro atoms. The Morgan fingerprint density at radius 2 is 1.96 bits per heavy atom. The molecule has 2 aromatic heterocycles. The first-order valence-electron chi connectivity index (χ1n) is 8.80. The number of para-hydroxylation sites is 1. The quantitative estimate of drug-likeness (QED) is 0.761. The van der Waals surface area contributed by atoms with Crippen LogP contribution in [0, 0.1) is 0 Å². The highest BCUT2D eigenvalue weighted by Crippen LogP contribution is 2.18. The van der Waals surface area contributed by atoms with E-state index in [1.165, 1.54) is 6.07 Å². The molecule has 1 aromatic carbocycles. The first-order valence-corrected chi connectivity index (χ1v) is 8.80. The maximum absolute atomic E-state index is 12.5. The molecule has 1 saturated heterocycles. The van der Waals surface area contributed by atoms with Crippen LogP contribution in [0.4, 0.5) is 5.82 Å². The highest BCUT2D eigenvalue weighted by molar-refractivity contribution is 5.93. The molecule has 0 bridgehead atoms. The van der Waals surface area contributed by atoms with E-state index in [1.54, 1.807) is 30.5 Å². The number of anilines is 1. The third kappa shape index (κ3) is 3.68. The number of nitrogens with zero attached hydrogens (tertiary/aromatic N) is 2. The molecule has 138 valence electrons. The van der Waals surface area contributed by atoms with Gasteiger partial charge in [-0.2, -0.15) is 0 Å². The molecule has 0 radical (unpaired) electrons. The Kier molecular flexibility index (Phi) is 4.84. The minimum Gasteiger partial charge on any atom is -0.451 e. The molecule has 4 rings (SSSR count). The number of carbonyl (C=O) groups excluding carboxylic acids is 1. The Hall–Kier alpha value is -3.19. The van der Waals surface area contributed by atoms with Crippen molar-refractivity contribution < 1.29 is 13.9 Å². The van der Waals surface area contributed by atoms with E-state index in [0.29, 0.717) is 24.2 Å². The molecule has 7 heteroatoms. The molecule has 3 aromatic rings. The Morgan fingerprint density at radius 3 is 2.81 bits per heavy atom. The molecular weight excluding hydrogens is 346 g/mol. The summed E-state index contributed by atoms with van der Waals surface area (Å²) in [5, 5.41) is 3.27. The fourth-order valence-corrected chi connectivity index (χ4v) is 3.11. The fourth-order valence-electron chi connectivity index (χ4n) is 3.11. The average molecular weight is 365 g/mol. The normalized spacial score (nSPS) is 14.3. The van der Waals surface area contributed by atoms with Crippen molar-refractivity contribution in [3.05, 3.63) is 70.2 Å². The molecule has 1 N–H and O–H groups in total. The summed E-state index contributed by atoms with van der Waals surface area (Å²) in [6.07, 6.45) is 1.73. The highest BCUT2D eigenvalue weighted by atomic mass is 16.5. The molecule has 1 aliphatic heterocycles. The molecule has 0 unspecified atom stereocenters. The van der Waals surface area contributed by atoms with Gasteiger partial charge in [0.15, 0.2) is 11.2 Å². The van der Waals surface area contributed by atoms with E-state index in [4.69, 9.17) is 9.15 Å². The zero-order valence-electron chi connectivity index (χ0n) is 14.7. The second kappa shape index (κ2) is 7.59. The van der Waals surface area contributed by atoms with E-state index in [9.17, 15) is 9.59 Å². The van der Waals surface area contributed by atoms with Gasteiger partial charge in [0.2, 0.25) is 0 Å². The maximum Gasteiger partial charge on any atom is 0.287 e. The molecule has 1 fully saturated rings. The monoisotopic (exact) mass is 365 g/mol. The molecule has 1 amide bonds. The Balaban J connectivity index is 1.52. The molecular formula is C20H19N3O4. The van der Waals surface area contributed by atoms with Gasteiger partial charge < -0.3 is 19.4 Å². The van der Waals surface area contributed by atoms with Gasteiger partial charge in [0, 0.05) is 37.5 Å². The summed E-state index contributed by atoms with van der Waals surface area (Å²) in [6.45, 7) is 3.13. The van der Waals surface area contributed by atoms with Gasteiger partial charge in [0.1, 0.15) is 11.4 Å². The Bertz CT molecular complexity index is 1020. The summed E-state index contributed by atoms with van der Waals surface area (Å²) >= 11 is 0. The van der Waals surface area contributed by atoms with Gasteiger partial charge in [-0.3, -0.25) is 9.59 Å². The second-order valence-electron chi connectivity index (χ2n) is 6.24. The number of rotatable bonds is 4. The van der Waals surface area contributed by atoms with E-state index in [2.05, 4.69) is 15.2 Å². The largest absolute Gasteiger partial charge is 0.451 e. The predicted octanol–water partition coefficient (Wildman–Crippen LogP) is 1.95. The van der Waals surface area contributed by atoms with Crippen LogP contribution < -0.4 is 15.6 Å². The van der Waals surface area contributed by atoms with Crippen molar-refractivity contribution >= 4 is 22.7 Å². The number of nitrogens with one attached hydrogen (secondary N) is 1. The Labute approximate surface area is 155 Å². The molecule has 1 aliphatic rings. The summed E-state index contributed by atoms with van der Waals surface area (Å²) in [7, 11) is 0. The van der Waals surface area contributed by atoms with Crippen molar-refractivity contribution in [2.24, 2.45) is 0 Å². The maximum atomic E-state index is 12.5. The van der Waals surface area contributed by atoms with Gasteiger partial charge in [-0.15, -0.1) is 0 Å². The number of hydrogen-bond acceptors (Lipinski definition) is 6. The van der Waals surface area contributed by atoms with Crippen molar-refractivity contribution in [2.75, 3.05) is 31.2 Å². The molecule has 3 heterocycles. The number of benzene rings is 1. The lowest BCUT2D eigenvalue weighted by molar-refractivity contribution is 0.0923. The molecule has 0 atom stereocenters. The number of morpholine rings is 1. The number of fused-ring (bicyclic) bond motifs is 1.